The summed E-state index contributed by atoms with van der Waals surface area (Å²) in [5, 5.41) is 16.5. The Bertz CT molecular complexity index is 304. The highest BCUT2D eigenvalue weighted by atomic mass is 32.2. The van der Waals surface area contributed by atoms with Gasteiger partial charge in [-0.3, -0.25) is 10.1 Å². The van der Waals surface area contributed by atoms with E-state index in [2.05, 4.69) is 24.5 Å². The predicted molar refractivity (Wildman–Crippen MR) is 74.5 cm³/mol. The summed E-state index contributed by atoms with van der Waals surface area (Å²) in [4.78, 5) is 11.9. The van der Waals surface area contributed by atoms with Crippen molar-refractivity contribution in [2.45, 2.75) is 51.2 Å². The lowest BCUT2D eigenvalue weighted by atomic mass is 9.71. The molecule has 0 aromatic heterocycles. The molecule has 0 aromatic rings. The van der Waals surface area contributed by atoms with Gasteiger partial charge in [0, 0.05) is 18.2 Å². The third-order valence-corrected chi connectivity index (χ3v) is 5.10. The van der Waals surface area contributed by atoms with Crippen LogP contribution in [0.5, 0.6) is 0 Å². The molecule has 2 aliphatic rings. The van der Waals surface area contributed by atoms with Crippen LogP contribution in [0.3, 0.4) is 0 Å². The molecule has 0 aromatic carbocycles. The van der Waals surface area contributed by atoms with Crippen LogP contribution in [-0.4, -0.2) is 40.8 Å². The zero-order valence-electron chi connectivity index (χ0n) is 11.3. The first-order chi connectivity index (χ1) is 8.40. The fraction of sp³-hybridized carbons (Fsp3) is 0.923. The molecule has 2 fully saturated rings. The van der Waals surface area contributed by atoms with Gasteiger partial charge in [0.15, 0.2) is 0 Å². The average molecular weight is 272 g/mol. The van der Waals surface area contributed by atoms with Crippen molar-refractivity contribution in [2.24, 2.45) is 5.41 Å². The zero-order valence-corrected chi connectivity index (χ0v) is 12.1. The Morgan fingerprint density at radius 3 is 2.61 bits per heavy atom. The summed E-state index contributed by atoms with van der Waals surface area (Å²) in [6.07, 6.45) is 3.62. The standard InChI is InChI=1S/C13H24N2O2S/c1-12(2)3-5-13(17,6-4-12)8-14-11(16)10-7-18-9-15-10/h10,15,17H,3-9H2,1-2H3,(H,14,16). The Hall–Kier alpha value is -0.260. The van der Waals surface area contributed by atoms with Gasteiger partial charge < -0.3 is 10.4 Å². The molecule has 18 heavy (non-hydrogen) atoms. The fourth-order valence-electron chi connectivity index (χ4n) is 2.51. The minimum atomic E-state index is -0.697. The lowest BCUT2D eigenvalue weighted by molar-refractivity contribution is -0.124. The van der Waals surface area contributed by atoms with Crippen molar-refractivity contribution < 1.29 is 9.90 Å². The second-order valence-corrected chi connectivity index (χ2v) is 7.41. The smallest absolute Gasteiger partial charge is 0.238 e. The van der Waals surface area contributed by atoms with Gasteiger partial charge in [-0.25, -0.2) is 0 Å². The predicted octanol–water partition coefficient (Wildman–Crippen LogP) is 1.10. The molecule has 1 heterocycles. The number of rotatable bonds is 3. The topological polar surface area (TPSA) is 61.4 Å². The van der Waals surface area contributed by atoms with Gasteiger partial charge in [0.25, 0.3) is 0 Å². The minimum absolute atomic E-state index is 0.0262. The second-order valence-electron chi connectivity index (χ2n) is 6.38. The highest BCUT2D eigenvalue weighted by Gasteiger charge is 2.37. The molecule has 104 valence electrons. The quantitative estimate of drug-likeness (QED) is 0.720. The van der Waals surface area contributed by atoms with Gasteiger partial charge in [-0.2, -0.15) is 0 Å². The van der Waals surface area contributed by atoms with Crippen LogP contribution < -0.4 is 10.6 Å². The summed E-state index contributed by atoms with van der Waals surface area (Å²) in [6, 6.07) is -0.0846. The molecule has 1 unspecified atom stereocenters. The van der Waals surface area contributed by atoms with E-state index in [0.29, 0.717) is 12.0 Å². The average Bonchev–Trinajstić information content (AvgIpc) is 2.85. The summed E-state index contributed by atoms with van der Waals surface area (Å²) >= 11 is 1.74. The van der Waals surface area contributed by atoms with E-state index in [4.69, 9.17) is 0 Å². The van der Waals surface area contributed by atoms with Gasteiger partial charge in [-0.05, 0) is 31.1 Å². The number of amides is 1. The number of thioether (sulfide) groups is 1. The van der Waals surface area contributed by atoms with Crippen LogP contribution in [0.4, 0.5) is 0 Å². The number of hydrogen-bond donors (Lipinski definition) is 3. The van der Waals surface area contributed by atoms with Crippen molar-refractivity contribution in [1.82, 2.24) is 10.6 Å². The molecule has 1 atom stereocenters. The van der Waals surface area contributed by atoms with E-state index >= 15 is 0 Å². The Balaban J connectivity index is 1.77. The maximum atomic E-state index is 11.9. The molecule has 1 aliphatic heterocycles. The van der Waals surface area contributed by atoms with E-state index in [0.717, 1.165) is 37.3 Å². The number of carbonyl (C=O) groups is 1. The van der Waals surface area contributed by atoms with E-state index in [1.807, 2.05) is 0 Å². The molecule has 3 N–H and O–H groups in total. The van der Waals surface area contributed by atoms with E-state index < -0.39 is 5.60 Å². The van der Waals surface area contributed by atoms with Crippen LogP contribution in [0.2, 0.25) is 0 Å². The van der Waals surface area contributed by atoms with Crippen molar-refractivity contribution in [3.63, 3.8) is 0 Å². The van der Waals surface area contributed by atoms with Gasteiger partial charge in [-0.1, -0.05) is 13.8 Å². The van der Waals surface area contributed by atoms with Crippen molar-refractivity contribution in [3.05, 3.63) is 0 Å². The molecular formula is C13H24N2O2S. The molecule has 1 saturated heterocycles. The first-order valence-electron chi connectivity index (χ1n) is 6.72. The number of nitrogens with one attached hydrogen (secondary N) is 2. The van der Waals surface area contributed by atoms with Crippen molar-refractivity contribution >= 4 is 17.7 Å². The first-order valence-corrected chi connectivity index (χ1v) is 7.87. The van der Waals surface area contributed by atoms with Crippen LogP contribution in [0.25, 0.3) is 0 Å². The number of carbonyl (C=O) groups excluding carboxylic acids is 1. The summed E-state index contributed by atoms with van der Waals surface area (Å²) in [5.74, 6) is 1.70. The molecule has 5 heteroatoms. The van der Waals surface area contributed by atoms with Gasteiger partial charge in [0.05, 0.1) is 11.6 Å². The molecule has 0 radical (unpaired) electrons. The molecule has 0 bridgehead atoms. The van der Waals surface area contributed by atoms with Crippen LogP contribution >= 0.6 is 11.8 Å². The van der Waals surface area contributed by atoms with Gasteiger partial charge >= 0.3 is 0 Å². The SMILES string of the molecule is CC1(C)CCC(O)(CNC(=O)C2CSCN2)CC1. The molecule has 2 rings (SSSR count). The molecule has 1 amide bonds. The number of hydrogen-bond acceptors (Lipinski definition) is 4. The molecule has 4 nitrogen and oxygen atoms in total. The molecule has 1 saturated carbocycles. The summed E-state index contributed by atoms with van der Waals surface area (Å²) in [7, 11) is 0. The van der Waals surface area contributed by atoms with E-state index in [1.165, 1.54) is 0 Å². The monoisotopic (exact) mass is 272 g/mol. The van der Waals surface area contributed by atoms with Crippen molar-refractivity contribution in [1.29, 1.82) is 0 Å². The Morgan fingerprint density at radius 1 is 1.39 bits per heavy atom. The maximum Gasteiger partial charge on any atom is 0.238 e. The van der Waals surface area contributed by atoms with Crippen molar-refractivity contribution in [2.75, 3.05) is 18.2 Å². The van der Waals surface area contributed by atoms with E-state index in [9.17, 15) is 9.90 Å². The van der Waals surface area contributed by atoms with Gasteiger partial charge in [-0.15, -0.1) is 11.8 Å². The van der Waals surface area contributed by atoms with Crippen LogP contribution in [-0.2, 0) is 4.79 Å². The largest absolute Gasteiger partial charge is 0.388 e. The maximum absolute atomic E-state index is 11.9. The van der Waals surface area contributed by atoms with Gasteiger partial charge in [0.1, 0.15) is 0 Å². The van der Waals surface area contributed by atoms with Gasteiger partial charge in [0.2, 0.25) is 5.91 Å². The fourth-order valence-corrected chi connectivity index (χ4v) is 3.45. The Kier molecular flexibility index (Phi) is 4.24. The molecule has 1 aliphatic carbocycles. The summed E-state index contributed by atoms with van der Waals surface area (Å²) in [5.41, 5.74) is -0.364. The normalized spacial score (nSPS) is 30.1. The molecule has 0 spiro atoms. The van der Waals surface area contributed by atoms with Crippen LogP contribution in [0.15, 0.2) is 0 Å². The highest BCUT2D eigenvalue weighted by molar-refractivity contribution is 7.99. The third kappa shape index (κ3) is 3.62. The summed E-state index contributed by atoms with van der Waals surface area (Å²) < 4.78 is 0. The highest BCUT2D eigenvalue weighted by Crippen LogP contribution is 2.39. The zero-order chi connectivity index (χ0) is 13.2. The molecular weight excluding hydrogens is 248 g/mol. The Labute approximate surface area is 113 Å². The number of aliphatic hydroxyl groups is 1. The minimum Gasteiger partial charge on any atom is -0.388 e. The lowest BCUT2D eigenvalue weighted by Gasteiger charge is -2.40. The first kappa shape index (κ1) is 14.2. The lowest BCUT2D eigenvalue weighted by Crippen LogP contribution is -2.50. The second kappa shape index (κ2) is 5.39. The Morgan fingerprint density at radius 2 is 2.06 bits per heavy atom. The van der Waals surface area contributed by atoms with E-state index in [-0.39, 0.29) is 11.9 Å². The van der Waals surface area contributed by atoms with Crippen LogP contribution in [0.1, 0.15) is 39.5 Å². The third-order valence-electron chi connectivity index (χ3n) is 4.16. The summed E-state index contributed by atoms with van der Waals surface area (Å²) in [6.45, 7) is 4.88. The van der Waals surface area contributed by atoms with Crippen LogP contribution in [0, 0.1) is 5.41 Å². The van der Waals surface area contributed by atoms with Crippen molar-refractivity contribution in [3.8, 4) is 0 Å². The van der Waals surface area contributed by atoms with E-state index in [1.54, 1.807) is 11.8 Å².